The highest BCUT2D eigenvalue weighted by molar-refractivity contribution is 6.01. The second-order valence-electron chi connectivity index (χ2n) is 6.13. The Bertz CT molecular complexity index is 649. The smallest absolute Gasteiger partial charge is 0.316 e. The number of amides is 1. The summed E-state index contributed by atoms with van der Waals surface area (Å²) in [5.74, 6) is -0.381. The van der Waals surface area contributed by atoms with Crippen LogP contribution >= 0.6 is 0 Å². The minimum Gasteiger partial charge on any atom is -0.426 e. The van der Waals surface area contributed by atoms with E-state index in [-0.39, 0.29) is 11.5 Å². The van der Waals surface area contributed by atoms with Crippen LogP contribution in [-0.4, -0.2) is 32.1 Å². The van der Waals surface area contributed by atoms with Gasteiger partial charge in [-0.3, -0.25) is 9.59 Å². The van der Waals surface area contributed by atoms with E-state index in [0.29, 0.717) is 24.5 Å². The molecule has 0 fully saturated rings. The topological polar surface area (TPSA) is 88.4 Å². The molecule has 0 saturated heterocycles. The summed E-state index contributed by atoms with van der Waals surface area (Å²) in [5, 5.41) is 11.7. The molecule has 0 aliphatic carbocycles. The second kappa shape index (κ2) is 8.85. The van der Waals surface area contributed by atoms with Crippen LogP contribution in [-0.2, 0) is 14.3 Å². The molecule has 0 saturated carbocycles. The molecule has 24 heavy (non-hydrogen) atoms. The van der Waals surface area contributed by atoms with E-state index in [2.05, 4.69) is 5.32 Å². The minimum atomic E-state index is -0.590. The predicted octanol–water partition coefficient (Wildman–Crippen LogP) is 2.31. The summed E-state index contributed by atoms with van der Waals surface area (Å²) >= 11 is 0. The molecule has 0 radical (unpaired) electrons. The monoisotopic (exact) mass is 330 g/mol. The molecule has 128 valence electrons. The maximum atomic E-state index is 11.8. The maximum Gasteiger partial charge on any atom is 0.316 e. The van der Waals surface area contributed by atoms with Gasteiger partial charge in [0.25, 0.3) is 5.91 Å². The summed E-state index contributed by atoms with van der Waals surface area (Å²) < 4.78 is 10.1. The van der Waals surface area contributed by atoms with Gasteiger partial charge in [0.2, 0.25) is 0 Å². The lowest BCUT2D eigenvalue weighted by Gasteiger charge is -2.16. The molecule has 0 aromatic heterocycles. The van der Waals surface area contributed by atoms with Crippen molar-refractivity contribution in [1.82, 2.24) is 5.32 Å². The van der Waals surface area contributed by atoms with Gasteiger partial charge in [-0.1, -0.05) is 12.1 Å². The number of esters is 1. The van der Waals surface area contributed by atoms with Gasteiger partial charge in [-0.25, -0.2) is 0 Å². The number of methoxy groups -OCH3 is 1. The van der Waals surface area contributed by atoms with Crippen molar-refractivity contribution in [2.45, 2.75) is 20.8 Å². The number of nitrogens with zero attached hydrogens (tertiary/aromatic N) is 1. The van der Waals surface area contributed by atoms with Crippen molar-refractivity contribution < 1.29 is 19.1 Å². The average Bonchev–Trinajstić information content (AvgIpc) is 2.53. The number of rotatable bonds is 6. The first kappa shape index (κ1) is 19.4. The van der Waals surface area contributed by atoms with Gasteiger partial charge in [0.1, 0.15) is 17.4 Å². The van der Waals surface area contributed by atoms with Crippen molar-refractivity contribution in [3.05, 3.63) is 35.4 Å². The summed E-state index contributed by atoms with van der Waals surface area (Å²) in [7, 11) is 1.53. The Kier molecular flexibility index (Phi) is 7.15. The number of nitrogens with one attached hydrogen (secondary N) is 1. The van der Waals surface area contributed by atoms with E-state index in [1.54, 1.807) is 45.0 Å². The Morgan fingerprint density at radius 3 is 2.38 bits per heavy atom. The molecule has 0 aliphatic heterocycles. The Hall–Kier alpha value is -2.65. The normalized spacial score (nSPS) is 11.5. The third kappa shape index (κ3) is 6.23. The van der Waals surface area contributed by atoms with Gasteiger partial charge in [0.05, 0.1) is 12.0 Å². The molecule has 6 heteroatoms. The fourth-order valence-corrected chi connectivity index (χ4v) is 1.57. The highest BCUT2D eigenvalue weighted by Gasteiger charge is 2.23. The van der Waals surface area contributed by atoms with Crippen molar-refractivity contribution >= 4 is 18.0 Å². The molecule has 1 aromatic carbocycles. The number of nitriles is 1. The van der Waals surface area contributed by atoms with Gasteiger partial charge in [0, 0.05) is 13.7 Å². The number of carbonyl (C=O) groups is 2. The van der Waals surface area contributed by atoms with Gasteiger partial charge < -0.3 is 14.8 Å². The molecule has 0 unspecified atom stereocenters. The van der Waals surface area contributed by atoms with Crippen molar-refractivity contribution in [3.63, 3.8) is 0 Å². The number of hydrogen-bond acceptors (Lipinski definition) is 5. The Labute approximate surface area is 142 Å². The number of benzene rings is 1. The third-order valence-corrected chi connectivity index (χ3v) is 2.97. The summed E-state index contributed by atoms with van der Waals surface area (Å²) in [6.45, 7) is 6.02. The van der Waals surface area contributed by atoms with Crippen molar-refractivity contribution in [3.8, 4) is 11.8 Å². The number of ether oxygens (including phenoxy) is 2. The van der Waals surface area contributed by atoms with E-state index in [9.17, 15) is 9.59 Å². The van der Waals surface area contributed by atoms with Crippen LogP contribution < -0.4 is 10.1 Å². The van der Waals surface area contributed by atoms with Gasteiger partial charge in [-0.15, -0.1) is 0 Å². The largest absolute Gasteiger partial charge is 0.426 e. The first-order valence-corrected chi connectivity index (χ1v) is 7.49. The van der Waals surface area contributed by atoms with Crippen LogP contribution in [0.2, 0.25) is 0 Å². The maximum absolute atomic E-state index is 11.8. The standard InChI is InChI=1S/C18H22N2O4/c1-18(2,3)17(22)24-15-7-5-13(6-8-15)11-14(12-19)16(21)20-9-10-23-4/h5-8,11H,9-10H2,1-4H3,(H,20,21)/b14-11+. The molecule has 1 rings (SSSR count). The highest BCUT2D eigenvalue weighted by Crippen LogP contribution is 2.20. The van der Waals surface area contributed by atoms with Gasteiger partial charge >= 0.3 is 5.97 Å². The summed E-state index contributed by atoms with van der Waals surface area (Å²) in [5.41, 5.74) is 0.0573. The Morgan fingerprint density at radius 1 is 1.25 bits per heavy atom. The predicted molar refractivity (Wildman–Crippen MR) is 90.0 cm³/mol. The van der Waals surface area contributed by atoms with Crippen LogP contribution in [0, 0.1) is 16.7 Å². The van der Waals surface area contributed by atoms with Crippen LogP contribution in [0.5, 0.6) is 5.75 Å². The molecule has 0 bridgehead atoms. The average molecular weight is 330 g/mol. The van der Waals surface area contributed by atoms with Crippen LogP contribution in [0.25, 0.3) is 6.08 Å². The molecule has 1 N–H and O–H groups in total. The van der Waals surface area contributed by atoms with Gasteiger partial charge in [0.15, 0.2) is 0 Å². The van der Waals surface area contributed by atoms with Crippen molar-refractivity contribution in [2.75, 3.05) is 20.3 Å². The summed E-state index contributed by atoms with van der Waals surface area (Å²) in [6, 6.07) is 8.45. The van der Waals surface area contributed by atoms with E-state index < -0.39 is 11.3 Å². The lowest BCUT2D eigenvalue weighted by Crippen LogP contribution is -2.27. The number of hydrogen-bond donors (Lipinski definition) is 1. The van der Waals surface area contributed by atoms with E-state index in [1.807, 2.05) is 6.07 Å². The molecule has 0 spiro atoms. The van der Waals surface area contributed by atoms with E-state index in [4.69, 9.17) is 14.7 Å². The summed E-state index contributed by atoms with van der Waals surface area (Å²) in [4.78, 5) is 23.7. The molecular formula is C18H22N2O4. The van der Waals surface area contributed by atoms with Gasteiger partial charge in [-0.2, -0.15) is 5.26 Å². The molecule has 0 aliphatic rings. The highest BCUT2D eigenvalue weighted by atomic mass is 16.5. The Balaban J connectivity index is 2.78. The molecule has 1 aromatic rings. The minimum absolute atomic E-state index is 0.00876. The van der Waals surface area contributed by atoms with Crippen molar-refractivity contribution in [2.24, 2.45) is 5.41 Å². The lowest BCUT2D eigenvalue weighted by atomic mass is 9.97. The molecule has 1 amide bonds. The van der Waals surface area contributed by atoms with Crippen LogP contribution in [0.3, 0.4) is 0 Å². The fourth-order valence-electron chi connectivity index (χ4n) is 1.57. The van der Waals surface area contributed by atoms with E-state index in [1.165, 1.54) is 13.2 Å². The molecule has 6 nitrogen and oxygen atoms in total. The zero-order chi connectivity index (χ0) is 18.2. The molecule has 0 atom stereocenters. The molecule has 0 heterocycles. The van der Waals surface area contributed by atoms with Crippen LogP contribution in [0.1, 0.15) is 26.3 Å². The third-order valence-electron chi connectivity index (χ3n) is 2.97. The summed E-state index contributed by atoms with van der Waals surface area (Å²) in [6.07, 6.45) is 1.47. The van der Waals surface area contributed by atoms with Crippen LogP contribution in [0.15, 0.2) is 29.8 Å². The Morgan fingerprint density at radius 2 is 1.88 bits per heavy atom. The fraction of sp³-hybridized carbons (Fsp3) is 0.389. The lowest BCUT2D eigenvalue weighted by molar-refractivity contribution is -0.143. The first-order valence-electron chi connectivity index (χ1n) is 7.49. The van der Waals surface area contributed by atoms with Gasteiger partial charge in [-0.05, 0) is 44.5 Å². The second-order valence-corrected chi connectivity index (χ2v) is 6.13. The van der Waals surface area contributed by atoms with Crippen molar-refractivity contribution in [1.29, 1.82) is 5.26 Å². The van der Waals surface area contributed by atoms with Crippen LogP contribution in [0.4, 0.5) is 0 Å². The zero-order valence-corrected chi connectivity index (χ0v) is 14.4. The SMILES string of the molecule is COCCNC(=O)/C(C#N)=C/c1ccc(OC(=O)C(C)(C)C)cc1. The first-order chi connectivity index (χ1) is 11.3. The zero-order valence-electron chi connectivity index (χ0n) is 14.4. The number of carbonyl (C=O) groups excluding carboxylic acids is 2. The quantitative estimate of drug-likeness (QED) is 0.284. The molecular weight excluding hydrogens is 308 g/mol. The van der Waals surface area contributed by atoms with E-state index >= 15 is 0 Å². The van der Waals surface area contributed by atoms with E-state index in [0.717, 1.165) is 0 Å².